The third-order valence-electron chi connectivity index (χ3n) is 2.48. The molecule has 1 aromatic heterocycles. The molecule has 0 radical (unpaired) electrons. The van der Waals surface area contributed by atoms with Gasteiger partial charge in [-0.2, -0.15) is 0 Å². The Labute approximate surface area is 96.9 Å². The van der Waals surface area contributed by atoms with Crippen molar-refractivity contribution in [3.05, 3.63) is 24.0 Å². The van der Waals surface area contributed by atoms with Crippen LogP contribution in [0.2, 0.25) is 0 Å². The predicted molar refractivity (Wildman–Crippen MR) is 64.6 cm³/mol. The molecule has 1 rings (SSSR count). The van der Waals surface area contributed by atoms with Crippen LogP contribution in [0, 0.1) is 0 Å². The minimum absolute atomic E-state index is 0.507. The summed E-state index contributed by atoms with van der Waals surface area (Å²) in [5.41, 5.74) is 1.76. The van der Waals surface area contributed by atoms with Crippen molar-refractivity contribution in [2.45, 2.75) is 19.4 Å². The normalized spacial score (nSPS) is 12.5. The highest BCUT2D eigenvalue weighted by Gasteiger charge is 2.04. The smallest absolute Gasteiger partial charge is 0.0931 e. The van der Waals surface area contributed by atoms with E-state index in [2.05, 4.69) is 9.88 Å². The summed E-state index contributed by atoms with van der Waals surface area (Å²) >= 11 is 0. The van der Waals surface area contributed by atoms with Crippen LogP contribution in [0.25, 0.3) is 0 Å². The van der Waals surface area contributed by atoms with Crippen molar-refractivity contribution in [1.29, 1.82) is 0 Å². The largest absolute Gasteiger partial charge is 0.387 e. The number of aliphatic hydroxyl groups is 1. The molecular formula is C12H20N2O2. The molecule has 0 aliphatic rings. The maximum atomic E-state index is 9.33. The first-order valence-electron chi connectivity index (χ1n) is 5.49. The summed E-state index contributed by atoms with van der Waals surface area (Å²) in [7, 11) is 3.73. The Balaban J connectivity index is 2.52. The van der Waals surface area contributed by atoms with Gasteiger partial charge in [0.2, 0.25) is 0 Å². The lowest BCUT2D eigenvalue weighted by Crippen LogP contribution is -2.19. The Bertz CT molecular complexity index is 298. The molecule has 1 atom stereocenters. The van der Waals surface area contributed by atoms with Gasteiger partial charge in [0.1, 0.15) is 0 Å². The summed E-state index contributed by atoms with van der Waals surface area (Å²) in [5, 5.41) is 9.33. The van der Waals surface area contributed by atoms with E-state index in [-0.39, 0.29) is 0 Å². The molecule has 1 heterocycles. The fraction of sp³-hybridized carbons (Fsp3) is 0.583. The zero-order valence-electron chi connectivity index (χ0n) is 10.2. The lowest BCUT2D eigenvalue weighted by Gasteiger charge is -2.19. The summed E-state index contributed by atoms with van der Waals surface area (Å²) < 4.78 is 5.00. The number of pyridine rings is 1. The first-order valence-corrected chi connectivity index (χ1v) is 5.49. The first-order chi connectivity index (χ1) is 7.65. The van der Waals surface area contributed by atoms with Crippen molar-refractivity contribution >= 4 is 5.69 Å². The van der Waals surface area contributed by atoms with Crippen LogP contribution < -0.4 is 4.90 Å². The van der Waals surface area contributed by atoms with Crippen LogP contribution in [0.5, 0.6) is 0 Å². The molecule has 0 bridgehead atoms. The summed E-state index contributed by atoms with van der Waals surface area (Å²) in [6, 6.07) is 3.83. The first kappa shape index (κ1) is 12.9. The van der Waals surface area contributed by atoms with Crippen LogP contribution >= 0.6 is 0 Å². The molecule has 0 fully saturated rings. The zero-order valence-corrected chi connectivity index (χ0v) is 10.2. The third kappa shape index (κ3) is 3.79. The van der Waals surface area contributed by atoms with Crippen molar-refractivity contribution in [2.24, 2.45) is 0 Å². The molecule has 0 amide bonds. The van der Waals surface area contributed by atoms with E-state index in [1.165, 1.54) is 0 Å². The molecule has 0 saturated carbocycles. The monoisotopic (exact) mass is 224 g/mol. The number of ether oxygens (including phenoxy) is 1. The van der Waals surface area contributed by atoms with E-state index in [4.69, 9.17) is 4.74 Å². The van der Waals surface area contributed by atoms with Gasteiger partial charge in [0.15, 0.2) is 0 Å². The SMILES string of the molecule is COCCCN(C)c1ccc([C@@H](C)O)nc1. The molecule has 4 heteroatoms. The number of aromatic nitrogens is 1. The molecule has 90 valence electrons. The van der Waals surface area contributed by atoms with Crippen LogP contribution in [0.15, 0.2) is 18.3 Å². The van der Waals surface area contributed by atoms with Crippen LogP contribution in [0.3, 0.4) is 0 Å². The molecule has 0 aromatic carbocycles. The van der Waals surface area contributed by atoms with Gasteiger partial charge in [0, 0.05) is 27.3 Å². The van der Waals surface area contributed by atoms with Crippen molar-refractivity contribution in [3.63, 3.8) is 0 Å². The second kappa shape index (κ2) is 6.45. The van der Waals surface area contributed by atoms with E-state index in [9.17, 15) is 5.11 Å². The van der Waals surface area contributed by atoms with Gasteiger partial charge in [-0.1, -0.05) is 0 Å². The highest BCUT2D eigenvalue weighted by molar-refractivity contribution is 5.43. The molecular weight excluding hydrogens is 204 g/mol. The van der Waals surface area contributed by atoms with E-state index in [0.29, 0.717) is 5.69 Å². The fourth-order valence-corrected chi connectivity index (χ4v) is 1.45. The van der Waals surface area contributed by atoms with Crippen molar-refractivity contribution in [1.82, 2.24) is 4.98 Å². The van der Waals surface area contributed by atoms with Gasteiger partial charge >= 0.3 is 0 Å². The van der Waals surface area contributed by atoms with Gasteiger partial charge in [0.05, 0.1) is 23.7 Å². The maximum absolute atomic E-state index is 9.33. The highest BCUT2D eigenvalue weighted by Crippen LogP contribution is 2.15. The second-order valence-electron chi connectivity index (χ2n) is 3.89. The third-order valence-corrected chi connectivity index (χ3v) is 2.48. The van der Waals surface area contributed by atoms with Crippen molar-refractivity contribution < 1.29 is 9.84 Å². The molecule has 1 N–H and O–H groups in total. The zero-order chi connectivity index (χ0) is 12.0. The molecule has 0 aliphatic carbocycles. The van der Waals surface area contributed by atoms with Crippen LogP contribution in [-0.4, -0.2) is 37.4 Å². The number of anilines is 1. The van der Waals surface area contributed by atoms with E-state index in [1.807, 2.05) is 19.2 Å². The van der Waals surface area contributed by atoms with Gasteiger partial charge in [-0.25, -0.2) is 0 Å². The topological polar surface area (TPSA) is 45.6 Å². The lowest BCUT2D eigenvalue weighted by molar-refractivity contribution is 0.194. The highest BCUT2D eigenvalue weighted by atomic mass is 16.5. The second-order valence-corrected chi connectivity index (χ2v) is 3.89. The van der Waals surface area contributed by atoms with Crippen LogP contribution in [0.4, 0.5) is 5.69 Å². The predicted octanol–water partition coefficient (Wildman–Crippen LogP) is 1.61. The number of nitrogens with zero attached hydrogens (tertiary/aromatic N) is 2. The van der Waals surface area contributed by atoms with Gasteiger partial charge in [-0.15, -0.1) is 0 Å². The van der Waals surface area contributed by atoms with Gasteiger partial charge in [0.25, 0.3) is 0 Å². The number of rotatable bonds is 6. The molecule has 0 unspecified atom stereocenters. The van der Waals surface area contributed by atoms with E-state index >= 15 is 0 Å². The van der Waals surface area contributed by atoms with Gasteiger partial charge in [-0.3, -0.25) is 4.98 Å². The van der Waals surface area contributed by atoms with E-state index in [1.54, 1.807) is 20.2 Å². The molecule has 0 aliphatic heterocycles. The minimum atomic E-state index is -0.507. The lowest BCUT2D eigenvalue weighted by atomic mass is 10.2. The Hall–Kier alpha value is -1.13. The maximum Gasteiger partial charge on any atom is 0.0931 e. The molecule has 0 saturated heterocycles. The molecule has 4 nitrogen and oxygen atoms in total. The summed E-state index contributed by atoms with van der Waals surface area (Å²) in [6.07, 6.45) is 2.27. The van der Waals surface area contributed by atoms with E-state index in [0.717, 1.165) is 25.3 Å². The van der Waals surface area contributed by atoms with Gasteiger partial charge < -0.3 is 14.7 Å². The van der Waals surface area contributed by atoms with Gasteiger partial charge in [-0.05, 0) is 25.5 Å². The summed E-state index contributed by atoms with van der Waals surface area (Å²) in [4.78, 5) is 6.33. The quantitative estimate of drug-likeness (QED) is 0.746. The summed E-state index contributed by atoms with van der Waals surface area (Å²) in [5.74, 6) is 0. The average Bonchev–Trinajstić information content (AvgIpc) is 2.29. The number of methoxy groups -OCH3 is 1. The number of hydrogen-bond acceptors (Lipinski definition) is 4. The number of aliphatic hydroxyl groups excluding tert-OH is 1. The Kier molecular flexibility index (Phi) is 5.22. The Morgan fingerprint density at radius 2 is 2.25 bits per heavy atom. The minimum Gasteiger partial charge on any atom is -0.387 e. The van der Waals surface area contributed by atoms with Crippen molar-refractivity contribution in [2.75, 3.05) is 32.2 Å². The molecule has 16 heavy (non-hydrogen) atoms. The Morgan fingerprint density at radius 3 is 2.75 bits per heavy atom. The van der Waals surface area contributed by atoms with Crippen LogP contribution in [0.1, 0.15) is 25.1 Å². The molecule has 0 spiro atoms. The number of hydrogen-bond donors (Lipinski definition) is 1. The van der Waals surface area contributed by atoms with E-state index < -0.39 is 6.10 Å². The Morgan fingerprint density at radius 1 is 1.50 bits per heavy atom. The van der Waals surface area contributed by atoms with Crippen molar-refractivity contribution in [3.8, 4) is 0 Å². The molecule has 1 aromatic rings. The van der Waals surface area contributed by atoms with Crippen LogP contribution in [-0.2, 0) is 4.74 Å². The standard InChI is InChI=1S/C12H20N2O2/c1-10(15)12-6-5-11(9-13-12)14(2)7-4-8-16-3/h5-6,9-10,15H,4,7-8H2,1-3H3/t10-/m1/s1. The average molecular weight is 224 g/mol. The summed E-state index contributed by atoms with van der Waals surface area (Å²) in [6.45, 7) is 3.41. The fourth-order valence-electron chi connectivity index (χ4n) is 1.45.